The van der Waals surface area contributed by atoms with E-state index in [4.69, 9.17) is 9.47 Å². The van der Waals surface area contributed by atoms with Gasteiger partial charge in [-0.3, -0.25) is 9.59 Å². The number of aryl methyl sites for hydroxylation is 1. The Kier molecular flexibility index (Phi) is 15.7. The average molecular weight is 744 g/mol. The summed E-state index contributed by atoms with van der Waals surface area (Å²) < 4.78 is 11.4. The van der Waals surface area contributed by atoms with E-state index in [0.717, 1.165) is 24.0 Å². The van der Waals surface area contributed by atoms with Gasteiger partial charge in [0.1, 0.15) is 35.1 Å². The summed E-state index contributed by atoms with van der Waals surface area (Å²) in [5.74, 6) is -1.27. The van der Waals surface area contributed by atoms with Crippen LogP contribution in [0.2, 0.25) is 0 Å². The summed E-state index contributed by atoms with van der Waals surface area (Å²) in [6.07, 6.45) is 1.56. The van der Waals surface area contributed by atoms with E-state index >= 15 is 4.79 Å². The standard InChI is InChI=1S/C44H61N3O7/c1-11-31-19-23-34(24-20-31)38(39(49)45-37(41(51)53-43(5,6)7)28-32-15-13-12-14-16-32)47(30(4)18-17-29(2)3)40(50)36(46-42(52)54-44(8,9)10)27-33-21-25-35(48)26-22-33/h12-16,19-26,29-30,36-38,48H,11,17-18,27-28H2,1-10H3,(H,45,49)(H,46,52). The normalized spacial score (nSPS) is 14.0. The first-order chi connectivity index (χ1) is 25.3. The first kappa shape index (κ1) is 43.5. The van der Waals surface area contributed by atoms with Gasteiger partial charge in [0.2, 0.25) is 11.8 Å². The summed E-state index contributed by atoms with van der Waals surface area (Å²) in [4.78, 5) is 58.7. The molecule has 0 saturated carbocycles. The van der Waals surface area contributed by atoms with Crippen LogP contribution in [-0.4, -0.2) is 63.2 Å². The average Bonchev–Trinajstić information content (AvgIpc) is 3.08. The lowest BCUT2D eigenvalue weighted by Crippen LogP contribution is -2.57. The molecule has 10 heteroatoms. The third-order valence-electron chi connectivity index (χ3n) is 8.78. The molecule has 0 aromatic heterocycles. The molecule has 0 spiro atoms. The quantitative estimate of drug-likeness (QED) is 0.127. The van der Waals surface area contributed by atoms with E-state index in [0.29, 0.717) is 23.5 Å². The third-order valence-corrected chi connectivity index (χ3v) is 8.78. The van der Waals surface area contributed by atoms with Crippen LogP contribution in [0.4, 0.5) is 4.79 Å². The minimum Gasteiger partial charge on any atom is -0.508 e. The summed E-state index contributed by atoms with van der Waals surface area (Å²) in [5, 5.41) is 15.7. The number of phenolic OH excluding ortho intramolecular Hbond substituents is 1. The molecule has 0 aliphatic heterocycles. The van der Waals surface area contributed by atoms with Crippen molar-refractivity contribution >= 4 is 23.9 Å². The number of hydrogen-bond acceptors (Lipinski definition) is 7. The number of benzene rings is 3. The summed E-state index contributed by atoms with van der Waals surface area (Å²) in [6.45, 7) is 18.7. The van der Waals surface area contributed by atoms with Crippen LogP contribution in [0.5, 0.6) is 5.75 Å². The maximum Gasteiger partial charge on any atom is 0.408 e. The molecule has 3 rings (SSSR count). The summed E-state index contributed by atoms with van der Waals surface area (Å²) in [7, 11) is 0. The lowest BCUT2D eigenvalue weighted by Gasteiger charge is -2.39. The van der Waals surface area contributed by atoms with Crippen molar-refractivity contribution in [3.05, 3.63) is 101 Å². The second-order valence-electron chi connectivity index (χ2n) is 16.4. The minimum absolute atomic E-state index is 0.0589. The predicted octanol–water partition coefficient (Wildman–Crippen LogP) is 7.85. The molecule has 0 radical (unpaired) electrons. The van der Waals surface area contributed by atoms with Gasteiger partial charge in [0, 0.05) is 18.9 Å². The Morgan fingerprint density at radius 1 is 0.685 bits per heavy atom. The van der Waals surface area contributed by atoms with Crippen LogP contribution < -0.4 is 10.6 Å². The van der Waals surface area contributed by atoms with Crippen molar-refractivity contribution in [1.29, 1.82) is 0 Å². The van der Waals surface area contributed by atoms with Gasteiger partial charge in [-0.15, -0.1) is 0 Å². The van der Waals surface area contributed by atoms with Gasteiger partial charge in [-0.2, -0.15) is 0 Å². The zero-order chi connectivity index (χ0) is 40.2. The van der Waals surface area contributed by atoms with Gasteiger partial charge in [-0.1, -0.05) is 87.5 Å². The SMILES string of the molecule is CCc1ccc(C(C(=O)NC(Cc2ccccc2)C(=O)OC(C)(C)C)N(C(=O)C(Cc2ccc(O)cc2)NC(=O)OC(C)(C)C)C(C)CCC(C)C)cc1. The highest BCUT2D eigenvalue weighted by atomic mass is 16.6. The zero-order valence-corrected chi connectivity index (χ0v) is 33.8. The Morgan fingerprint density at radius 3 is 1.76 bits per heavy atom. The monoisotopic (exact) mass is 743 g/mol. The smallest absolute Gasteiger partial charge is 0.408 e. The minimum atomic E-state index is -1.19. The lowest BCUT2D eigenvalue weighted by molar-refractivity contribution is -0.159. The molecule has 10 nitrogen and oxygen atoms in total. The van der Waals surface area contributed by atoms with Crippen LogP contribution in [0, 0.1) is 5.92 Å². The van der Waals surface area contributed by atoms with Crippen LogP contribution in [0.25, 0.3) is 0 Å². The molecule has 0 aliphatic rings. The second-order valence-corrected chi connectivity index (χ2v) is 16.4. The van der Waals surface area contributed by atoms with Crippen molar-refractivity contribution < 1.29 is 33.8 Å². The van der Waals surface area contributed by atoms with Crippen LogP contribution in [0.1, 0.15) is 110 Å². The van der Waals surface area contributed by atoms with E-state index < -0.39 is 59.2 Å². The van der Waals surface area contributed by atoms with Gasteiger partial charge in [0.05, 0.1) is 0 Å². The highest BCUT2D eigenvalue weighted by molar-refractivity contribution is 5.94. The van der Waals surface area contributed by atoms with Crippen molar-refractivity contribution in [3.8, 4) is 5.75 Å². The van der Waals surface area contributed by atoms with Crippen molar-refractivity contribution in [3.63, 3.8) is 0 Å². The maximum absolute atomic E-state index is 15.2. The number of esters is 1. The van der Waals surface area contributed by atoms with Crippen molar-refractivity contribution in [1.82, 2.24) is 15.5 Å². The number of nitrogens with one attached hydrogen (secondary N) is 2. The van der Waals surface area contributed by atoms with E-state index in [1.54, 1.807) is 58.6 Å². The van der Waals surface area contributed by atoms with Gasteiger partial charge >= 0.3 is 12.1 Å². The van der Waals surface area contributed by atoms with Crippen LogP contribution in [-0.2, 0) is 43.1 Å². The Balaban J connectivity index is 2.20. The predicted molar refractivity (Wildman–Crippen MR) is 212 cm³/mol. The molecule has 0 aliphatic carbocycles. The number of nitrogens with zero attached hydrogens (tertiary/aromatic N) is 1. The highest BCUT2D eigenvalue weighted by Crippen LogP contribution is 2.29. The van der Waals surface area contributed by atoms with Crippen LogP contribution >= 0.6 is 0 Å². The second kappa shape index (κ2) is 19.5. The fraction of sp³-hybridized carbons (Fsp3) is 0.500. The number of carbonyl (C=O) groups excluding carboxylic acids is 4. The largest absolute Gasteiger partial charge is 0.508 e. The molecule has 0 heterocycles. The molecule has 3 aromatic carbocycles. The number of hydrogen-bond donors (Lipinski definition) is 3. The topological polar surface area (TPSA) is 134 Å². The van der Waals surface area contributed by atoms with Crippen molar-refractivity contribution in [2.75, 3.05) is 0 Å². The fourth-order valence-electron chi connectivity index (χ4n) is 6.05. The first-order valence-corrected chi connectivity index (χ1v) is 19.0. The molecular weight excluding hydrogens is 682 g/mol. The number of ether oxygens (including phenoxy) is 2. The number of amides is 3. The summed E-state index contributed by atoms with van der Waals surface area (Å²) >= 11 is 0. The van der Waals surface area contributed by atoms with E-state index in [1.807, 2.05) is 68.4 Å². The molecule has 3 aromatic rings. The molecule has 3 N–H and O–H groups in total. The Labute approximate surface area is 322 Å². The molecule has 0 saturated heterocycles. The molecule has 294 valence electrons. The number of rotatable bonds is 16. The number of alkyl carbamates (subject to hydrolysis) is 1. The lowest BCUT2D eigenvalue weighted by atomic mass is 9.94. The molecule has 0 bridgehead atoms. The Morgan fingerprint density at radius 2 is 1.22 bits per heavy atom. The molecule has 0 fully saturated rings. The summed E-state index contributed by atoms with van der Waals surface area (Å²) in [6, 6.07) is 19.4. The van der Waals surface area contributed by atoms with Gasteiger partial charge in [0.15, 0.2) is 0 Å². The van der Waals surface area contributed by atoms with Gasteiger partial charge in [-0.05, 0) is 108 Å². The molecular formula is C44H61N3O7. The van der Waals surface area contributed by atoms with E-state index in [9.17, 15) is 19.5 Å². The fourth-order valence-corrected chi connectivity index (χ4v) is 6.05. The van der Waals surface area contributed by atoms with E-state index in [-0.39, 0.29) is 18.6 Å². The van der Waals surface area contributed by atoms with Gasteiger partial charge in [0.25, 0.3) is 0 Å². The van der Waals surface area contributed by atoms with Crippen LogP contribution in [0.15, 0.2) is 78.9 Å². The van der Waals surface area contributed by atoms with Gasteiger partial charge < -0.3 is 30.1 Å². The van der Waals surface area contributed by atoms with Crippen LogP contribution in [0.3, 0.4) is 0 Å². The highest BCUT2D eigenvalue weighted by Gasteiger charge is 2.40. The summed E-state index contributed by atoms with van der Waals surface area (Å²) in [5.41, 5.74) is 1.46. The third kappa shape index (κ3) is 14.2. The van der Waals surface area contributed by atoms with E-state index in [2.05, 4.69) is 24.5 Å². The van der Waals surface area contributed by atoms with E-state index in [1.165, 1.54) is 12.1 Å². The first-order valence-electron chi connectivity index (χ1n) is 19.0. The van der Waals surface area contributed by atoms with Gasteiger partial charge in [-0.25, -0.2) is 9.59 Å². The number of carbonyl (C=O) groups is 4. The Bertz CT molecular complexity index is 1660. The molecule has 54 heavy (non-hydrogen) atoms. The Hall–Kier alpha value is -4.86. The molecule has 4 unspecified atom stereocenters. The zero-order valence-electron chi connectivity index (χ0n) is 33.8. The number of aromatic hydroxyl groups is 1. The van der Waals surface area contributed by atoms with Crippen molar-refractivity contribution in [2.24, 2.45) is 5.92 Å². The van der Waals surface area contributed by atoms with Crippen molar-refractivity contribution in [2.45, 2.75) is 137 Å². The maximum atomic E-state index is 15.2. The number of phenols is 1. The molecule has 3 amide bonds. The molecule has 4 atom stereocenters.